The van der Waals surface area contributed by atoms with Crippen molar-refractivity contribution in [2.45, 2.75) is 6.42 Å². The normalized spacial score (nSPS) is 10.7. The molecule has 0 saturated heterocycles. The van der Waals surface area contributed by atoms with Gasteiger partial charge in [-0.25, -0.2) is 8.42 Å². The van der Waals surface area contributed by atoms with E-state index in [1.807, 2.05) is 30.3 Å². The average Bonchev–Trinajstić information content (AvgIpc) is 2.64. The van der Waals surface area contributed by atoms with Crippen molar-refractivity contribution in [3.8, 4) is 0 Å². The molecule has 0 bridgehead atoms. The summed E-state index contributed by atoms with van der Waals surface area (Å²) in [5.41, 5.74) is 1.04. The van der Waals surface area contributed by atoms with Crippen molar-refractivity contribution in [1.82, 2.24) is 10.2 Å². The van der Waals surface area contributed by atoms with E-state index < -0.39 is 10.3 Å². The minimum atomic E-state index is -4.53. The van der Waals surface area contributed by atoms with Gasteiger partial charge in [0.2, 0.25) is 5.13 Å². The summed E-state index contributed by atoms with van der Waals surface area (Å²) in [6, 6.07) is 9.56. The molecule has 2 rings (SSSR count). The molecule has 0 fully saturated rings. The van der Waals surface area contributed by atoms with E-state index in [1.54, 1.807) is 4.72 Å². The van der Waals surface area contributed by atoms with Crippen molar-refractivity contribution in [3.05, 3.63) is 40.9 Å². The van der Waals surface area contributed by atoms with Gasteiger partial charge in [0, 0.05) is 6.42 Å². The van der Waals surface area contributed by atoms with E-state index in [0.717, 1.165) is 16.9 Å². The second-order valence-electron chi connectivity index (χ2n) is 3.22. The van der Waals surface area contributed by atoms with Crippen LogP contribution in [0.25, 0.3) is 0 Å². The van der Waals surface area contributed by atoms with Gasteiger partial charge < -0.3 is 4.55 Å². The third-order valence-corrected chi connectivity index (χ3v) is 3.29. The molecule has 0 saturated carbocycles. The summed E-state index contributed by atoms with van der Waals surface area (Å²) < 4.78 is 33.1. The maximum atomic E-state index is 10.4. The third kappa shape index (κ3) is 5.01. The first-order chi connectivity index (χ1) is 8.03. The molecule has 1 heterocycles. The minimum absolute atomic E-state index is 0. The second-order valence-corrected chi connectivity index (χ2v) is 5.39. The van der Waals surface area contributed by atoms with Crippen molar-refractivity contribution in [2.24, 2.45) is 0 Å². The molecule has 1 N–H and O–H groups in total. The van der Waals surface area contributed by atoms with Crippen LogP contribution in [-0.2, 0) is 16.7 Å². The largest absolute Gasteiger partial charge is 1.00 e. The molecule has 0 amide bonds. The molecule has 0 aliphatic rings. The molecule has 1 aromatic carbocycles. The fourth-order valence-electron chi connectivity index (χ4n) is 1.24. The van der Waals surface area contributed by atoms with Gasteiger partial charge in [-0.1, -0.05) is 41.7 Å². The number of rotatable bonds is 4. The third-order valence-electron chi connectivity index (χ3n) is 1.88. The first-order valence-corrected chi connectivity index (χ1v) is 6.85. The monoisotopic (exact) mass is 293 g/mol. The minimum Gasteiger partial charge on any atom is -0.731 e. The summed E-state index contributed by atoms with van der Waals surface area (Å²) >= 11 is 1.04. The van der Waals surface area contributed by atoms with Crippen LogP contribution < -0.4 is 34.3 Å². The van der Waals surface area contributed by atoms with Crippen LogP contribution in [0.5, 0.6) is 0 Å². The van der Waals surface area contributed by atoms with E-state index in [4.69, 9.17) is 0 Å². The van der Waals surface area contributed by atoms with E-state index in [-0.39, 0.29) is 34.7 Å². The van der Waals surface area contributed by atoms with Crippen LogP contribution in [0.15, 0.2) is 30.3 Å². The first kappa shape index (κ1) is 15.5. The number of aromatic nitrogens is 2. The topological polar surface area (TPSA) is 95.0 Å². The molecule has 0 aliphatic heterocycles. The molecule has 2 aromatic rings. The summed E-state index contributed by atoms with van der Waals surface area (Å²) in [5, 5.41) is 8.01. The van der Waals surface area contributed by atoms with Crippen LogP contribution in [0.2, 0.25) is 0 Å². The van der Waals surface area contributed by atoms with E-state index in [2.05, 4.69) is 10.2 Å². The fraction of sp³-hybridized carbons (Fsp3) is 0.111. The smallest absolute Gasteiger partial charge is 0.731 e. The van der Waals surface area contributed by atoms with E-state index in [0.29, 0.717) is 11.4 Å². The number of hydrogen-bond donors (Lipinski definition) is 1. The van der Waals surface area contributed by atoms with E-state index >= 15 is 0 Å². The summed E-state index contributed by atoms with van der Waals surface area (Å²) in [6.07, 6.45) is 0.555. The zero-order valence-electron chi connectivity index (χ0n) is 9.53. The Morgan fingerprint density at radius 1 is 1.22 bits per heavy atom. The maximum absolute atomic E-state index is 10.4. The van der Waals surface area contributed by atoms with Crippen molar-refractivity contribution >= 4 is 26.8 Å². The van der Waals surface area contributed by atoms with Gasteiger partial charge in [0.15, 0.2) is 10.3 Å². The Bertz CT molecular complexity index is 601. The molecule has 9 heteroatoms. The Labute approximate surface area is 131 Å². The molecule has 0 radical (unpaired) electrons. The predicted molar refractivity (Wildman–Crippen MR) is 62.5 cm³/mol. The zero-order valence-corrected chi connectivity index (χ0v) is 13.2. The van der Waals surface area contributed by atoms with Crippen LogP contribution in [0.3, 0.4) is 0 Å². The fourth-order valence-corrected chi connectivity index (χ4v) is 2.60. The molecule has 1 aromatic heterocycles. The van der Waals surface area contributed by atoms with E-state index in [1.165, 1.54) is 0 Å². The zero-order chi connectivity index (χ0) is 12.3. The van der Waals surface area contributed by atoms with Gasteiger partial charge in [-0.2, -0.15) is 0 Å². The molecule has 90 valence electrons. The van der Waals surface area contributed by atoms with Gasteiger partial charge in [0.05, 0.1) is 0 Å². The van der Waals surface area contributed by atoms with Crippen LogP contribution in [-0.4, -0.2) is 23.2 Å². The van der Waals surface area contributed by atoms with Crippen LogP contribution in [0.1, 0.15) is 10.6 Å². The number of benzene rings is 1. The molecule has 0 unspecified atom stereocenters. The van der Waals surface area contributed by atoms with Gasteiger partial charge in [0.25, 0.3) is 0 Å². The molecule has 0 atom stereocenters. The van der Waals surface area contributed by atoms with Gasteiger partial charge in [-0.15, -0.1) is 10.2 Å². The number of nitrogens with one attached hydrogen (secondary N) is 1. The Hall–Kier alpha value is -0.510. The van der Waals surface area contributed by atoms with Crippen molar-refractivity contribution in [3.63, 3.8) is 0 Å². The second kappa shape index (κ2) is 6.60. The van der Waals surface area contributed by atoms with E-state index in [9.17, 15) is 13.0 Å². The van der Waals surface area contributed by atoms with Gasteiger partial charge >= 0.3 is 29.6 Å². The average molecular weight is 293 g/mol. The van der Waals surface area contributed by atoms with Crippen LogP contribution in [0.4, 0.5) is 5.13 Å². The quantitative estimate of drug-likeness (QED) is 0.520. The van der Waals surface area contributed by atoms with Crippen molar-refractivity contribution in [1.29, 1.82) is 0 Å². The summed E-state index contributed by atoms with van der Waals surface area (Å²) in [6.45, 7) is 0. The van der Waals surface area contributed by atoms with Crippen LogP contribution in [0, 0.1) is 0 Å². The number of nitrogens with zero attached hydrogens (tertiary/aromatic N) is 2. The van der Waals surface area contributed by atoms with Gasteiger partial charge in [-0.05, 0) is 5.56 Å². The molecule has 18 heavy (non-hydrogen) atoms. The Balaban J connectivity index is 0.00000162. The molecular weight excluding hydrogens is 285 g/mol. The Morgan fingerprint density at radius 3 is 2.50 bits per heavy atom. The summed E-state index contributed by atoms with van der Waals surface area (Å²) in [7, 11) is -4.53. The molecule has 0 aliphatic carbocycles. The van der Waals surface area contributed by atoms with Crippen LogP contribution >= 0.6 is 11.3 Å². The molecule has 0 spiro atoms. The molecule has 6 nitrogen and oxygen atoms in total. The van der Waals surface area contributed by atoms with Crippen molar-refractivity contribution in [2.75, 3.05) is 4.72 Å². The first-order valence-electron chi connectivity index (χ1n) is 4.63. The van der Waals surface area contributed by atoms with Gasteiger partial charge in [0.1, 0.15) is 5.01 Å². The standard InChI is InChI=1S/C9H9N3O3S2.Na/c13-17(14,15)12-9-11-10-8(16-9)6-7-4-2-1-3-5-7;/h1-5H,6H2,(H,11,12)(H,13,14,15);/q;+1/p-1. The maximum Gasteiger partial charge on any atom is 1.00 e. The summed E-state index contributed by atoms with van der Waals surface area (Å²) in [5.74, 6) is 0. The van der Waals surface area contributed by atoms with Crippen molar-refractivity contribution < 1.29 is 42.5 Å². The summed E-state index contributed by atoms with van der Waals surface area (Å²) in [4.78, 5) is 0. The number of anilines is 1. The predicted octanol–water partition coefficient (Wildman–Crippen LogP) is -1.99. The molecular formula is C9H8N3NaO3S2. The number of hydrogen-bond acceptors (Lipinski definition) is 6. The SMILES string of the molecule is O=S(=O)([O-])Nc1nnc(Cc2ccccc2)s1.[Na+]. The van der Waals surface area contributed by atoms with Gasteiger partial charge in [-0.3, -0.25) is 4.72 Å². The Morgan fingerprint density at radius 2 is 1.89 bits per heavy atom. The Kier molecular flexibility index (Phi) is 5.70.